The Morgan fingerprint density at radius 3 is 2.42 bits per heavy atom. The summed E-state index contributed by atoms with van der Waals surface area (Å²) < 4.78 is 15.5. The van der Waals surface area contributed by atoms with E-state index in [9.17, 15) is 4.79 Å². The van der Waals surface area contributed by atoms with Gasteiger partial charge >= 0.3 is 0 Å². The first kappa shape index (κ1) is 14.6. The SMILES string of the molecule is COc1ccc(C(=O)NCCC#N)c(OC)c1OC. The molecule has 0 aromatic heterocycles. The van der Waals surface area contributed by atoms with Crippen molar-refractivity contribution in [3.05, 3.63) is 17.7 Å². The van der Waals surface area contributed by atoms with Crippen LogP contribution in [0.5, 0.6) is 17.2 Å². The minimum atomic E-state index is -0.326. The number of nitrogens with zero attached hydrogens (tertiary/aromatic N) is 1. The van der Waals surface area contributed by atoms with E-state index < -0.39 is 0 Å². The van der Waals surface area contributed by atoms with E-state index in [2.05, 4.69) is 5.32 Å². The molecule has 102 valence electrons. The van der Waals surface area contributed by atoms with E-state index in [1.807, 2.05) is 6.07 Å². The Hall–Kier alpha value is -2.42. The molecule has 1 aromatic carbocycles. The molecule has 19 heavy (non-hydrogen) atoms. The number of amides is 1. The smallest absolute Gasteiger partial charge is 0.255 e. The molecule has 0 atom stereocenters. The number of carbonyl (C=O) groups excluding carboxylic acids is 1. The highest BCUT2D eigenvalue weighted by Crippen LogP contribution is 2.39. The van der Waals surface area contributed by atoms with Gasteiger partial charge in [-0.15, -0.1) is 0 Å². The standard InChI is InChI=1S/C13H16N2O4/c1-17-10-6-5-9(11(18-2)12(10)19-3)13(16)15-8-4-7-14/h5-6H,4,8H2,1-3H3,(H,15,16). The summed E-state index contributed by atoms with van der Waals surface area (Å²) in [7, 11) is 4.42. The molecule has 0 spiro atoms. The van der Waals surface area contributed by atoms with Gasteiger partial charge in [-0.3, -0.25) is 4.79 Å². The normalized spacial score (nSPS) is 9.37. The highest BCUT2D eigenvalue weighted by atomic mass is 16.5. The van der Waals surface area contributed by atoms with Crippen LogP contribution in [0.1, 0.15) is 16.8 Å². The van der Waals surface area contributed by atoms with Crippen LogP contribution in [-0.2, 0) is 0 Å². The molecular formula is C13H16N2O4. The fraction of sp³-hybridized carbons (Fsp3) is 0.385. The van der Waals surface area contributed by atoms with E-state index in [1.54, 1.807) is 12.1 Å². The monoisotopic (exact) mass is 264 g/mol. The van der Waals surface area contributed by atoms with Crippen molar-refractivity contribution in [1.29, 1.82) is 5.26 Å². The molecule has 0 unspecified atom stereocenters. The predicted octanol–water partition coefficient (Wildman–Crippen LogP) is 1.36. The maximum Gasteiger partial charge on any atom is 0.255 e. The summed E-state index contributed by atoms with van der Waals surface area (Å²) >= 11 is 0. The van der Waals surface area contributed by atoms with Crippen LogP contribution in [0.15, 0.2) is 12.1 Å². The average Bonchev–Trinajstić information content (AvgIpc) is 2.45. The fourth-order valence-corrected chi connectivity index (χ4v) is 1.61. The molecule has 1 rings (SSSR count). The zero-order chi connectivity index (χ0) is 14.3. The molecule has 0 aliphatic rings. The number of hydrogen-bond acceptors (Lipinski definition) is 5. The summed E-state index contributed by atoms with van der Waals surface area (Å²) in [6.45, 7) is 0.285. The third-order valence-electron chi connectivity index (χ3n) is 2.47. The lowest BCUT2D eigenvalue weighted by atomic mass is 10.1. The molecule has 0 aliphatic heterocycles. The highest BCUT2D eigenvalue weighted by Gasteiger charge is 2.20. The molecule has 0 radical (unpaired) electrons. The van der Waals surface area contributed by atoms with Crippen molar-refractivity contribution in [2.24, 2.45) is 0 Å². The fourth-order valence-electron chi connectivity index (χ4n) is 1.61. The van der Waals surface area contributed by atoms with Gasteiger partial charge in [-0.1, -0.05) is 0 Å². The minimum absolute atomic E-state index is 0.251. The van der Waals surface area contributed by atoms with Crippen LogP contribution in [0, 0.1) is 11.3 Å². The zero-order valence-corrected chi connectivity index (χ0v) is 11.1. The van der Waals surface area contributed by atoms with Crippen LogP contribution in [-0.4, -0.2) is 33.8 Å². The van der Waals surface area contributed by atoms with Crippen molar-refractivity contribution in [1.82, 2.24) is 5.32 Å². The topological polar surface area (TPSA) is 80.6 Å². The Bertz CT molecular complexity index is 494. The number of carbonyl (C=O) groups is 1. The van der Waals surface area contributed by atoms with Gasteiger partial charge in [0.15, 0.2) is 11.5 Å². The van der Waals surface area contributed by atoms with Gasteiger partial charge in [-0.2, -0.15) is 5.26 Å². The third kappa shape index (κ3) is 3.28. The van der Waals surface area contributed by atoms with Crippen molar-refractivity contribution in [3.63, 3.8) is 0 Å². The van der Waals surface area contributed by atoms with Gasteiger partial charge in [-0.05, 0) is 12.1 Å². The van der Waals surface area contributed by atoms with Crippen molar-refractivity contribution in [2.45, 2.75) is 6.42 Å². The predicted molar refractivity (Wildman–Crippen MR) is 68.7 cm³/mol. The van der Waals surface area contributed by atoms with E-state index in [4.69, 9.17) is 19.5 Å². The molecule has 6 nitrogen and oxygen atoms in total. The quantitative estimate of drug-likeness (QED) is 0.784. The van der Waals surface area contributed by atoms with Gasteiger partial charge in [0.25, 0.3) is 5.91 Å². The lowest BCUT2D eigenvalue weighted by Gasteiger charge is -2.15. The minimum Gasteiger partial charge on any atom is -0.493 e. The lowest BCUT2D eigenvalue weighted by Crippen LogP contribution is -2.24. The van der Waals surface area contributed by atoms with E-state index in [0.717, 1.165) is 0 Å². The first-order chi connectivity index (χ1) is 9.19. The van der Waals surface area contributed by atoms with Crippen LogP contribution < -0.4 is 19.5 Å². The second kappa shape index (κ2) is 7.11. The summed E-state index contributed by atoms with van der Waals surface area (Å²) in [4.78, 5) is 12.0. The molecular weight excluding hydrogens is 248 g/mol. The molecule has 0 heterocycles. The van der Waals surface area contributed by atoms with Crippen LogP contribution in [0.3, 0.4) is 0 Å². The van der Waals surface area contributed by atoms with Gasteiger partial charge in [0.1, 0.15) is 0 Å². The van der Waals surface area contributed by atoms with Gasteiger partial charge < -0.3 is 19.5 Å². The number of nitriles is 1. The molecule has 1 amide bonds. The summed E-state index contributed by atoms with van der Waals surface area (Å²) in [6, 6.07) is 5.16. The van der Waals surface area contributed by atoms with Crippen molar-refractivity contribution < 1.29 is 19.0 Å². The first-order valence-corrected chi connectivity index (χ1v) is 5.63. The second-order valence-corrected chi connectivity index (χ2v) is 3.55. The Kier molecular flexibility index (Phi) is 5.48. The number of ether oxygens (including phenoxy) is 3. The van der Waals surface area contributed by atoms with Crippen LogP contribution in [0.25, 0.3) is 0 Å². The van der Waals surface area contributed by atoms with Crippen LogP contribution in [0.2, 0.25) is 0 Å². The number of hydrogen-bond donors (Lipinski definition) is 1. The number of benzene rings is 1. The Labute approximate surface area is 111 Å². The highest BCUT2D eigenvalue weighted by molar-refractivity contribution is 5.98. The van der Waals surface area contributed by atoms with Gasteiger partial charge in [-0.25, -0.2) is 0 Å². The van der Waals surface area contributed by atoms with Crippen LogP contribution in [0.4, 0.5) is 0 Å². The number of methoxy groups -OCH3 is 3. The molecule has 0 saturated carbocycles. The van der Waals surface area contributed by atoms with Crippen molar-refractivity contribution >= 4 is 5.91 Å². The maximum absolute atomic E-state index is 12.0. The molecule has 0 saturated heterocycles. The van der Waals surface area contributed by atoms with Gasteiger partial charge in [0.05, 0.1) is 39.4 Å². The Balaban J connectivity index is 3.07. The zero-order valence-electron chi connectivity index (χ0n) is 11.1. The van der Waals surface area contributed by atoms with Crippen molar-refractivity contribution in [3.8, 4) is 23.3 Å². The Morgan fingerprint density at radius 1 is 1.21 bits per heavy atom. The second-order valence-electron chi connectivity index (χ2n) is 3.55. The van der Waals surface area contributed by atoms with Crippen molar-refractivity contribution in [2.75, 3.05) is 27.9 Å². The van der Waals surface area contributed by atoms with Crippen LogP contribution >= 0.6 is 0 Å². The maximum atomic E-state index is 12.0. The molecule has 1 N–H and O–H groups in total. The third-order valence-corrected chi connectivity index (χ3v) is 2.47. The van der Waals surface area contributed by atoms with E-state index in [1.165, 1.54) is 21.3 Å². The average molecular weight is 264 g/mol. The largest absolute Gasteiger partial charge is 0.493 e. The summed E-state index contributed by atoms with van der Waals surface area (Å²) in [5.41, 5.74) is 0.332. The first-order valence-electron chi connectivity index (χ1n) is 5.63. The molecule has 0 fully saturated rings. The van der Waals surface area contributed by atoms with E-state index in [-0.39, 0.29) is 18.9 Å². The van der Waals surface area contributed by atoms with E-state index >= 15 is 0 Å². The summed E-state index contributed by atoms with van der Waals surface area (Å²) in [5, 5.41) is 11.1. The summed E-state index contributed by atoms with van der Waals surface area (Å²) in [6.07, 6.45) is 0.251. The lowest BCUT2D eigenvalue weighted by molar-refractivity contribution is 0.0950. The number of rotatable bonds is 6. The van der Waals surface area contributed by atoms with Gasteiger partial charge in [0, 0.05) is 6.54 Å². The molecule has 0 aliphatic carbocycles. The molecule has 0 bridgehead atoms. The summed E-state index contributed by atoms with van der Waals surface area (Å²) in [5.74, 6) is 0.815. The molecule has 1 aromatic rings. The molecule has 6 heteroatoms. The number of nitrogens with one attached hydrogen (secondary N) is 1. The van der Waals surface area contributed by atoms with E-state index in [0.29, 0.717) is 22.8 Å². The van der Waals surface area contributed by atoms with Gasteiger partial charge in [0.2, 0.25) is 5.75 Å². The Morgan fingerprint density at radius 2 is 1.89 bits per heavy atom.